The molecule has 4 heteroatoms. The van der Waals surface area contributed by atoms with Crippen LogP contribution in [0, 0.1) is 0 Å². The molecule has 56 valence electrons. The summed E-state index contributed by atoms with van der Waals surface area (Å²) in [5.74, 6) is 1.04. The molecule has 10 heavy (non-hydrogen) atoms. The van der Waals surface area contributed by atoms with Gasteiger partial charge in [0.2, 0.25) is 0 Å². The molecule has 1 N–H and O–H groups in total. The van der Waals surface area contributed by atoms with Gasteiger partial charge in [0.1, 0.15) is 5.82 Å². The Morgan fingerprint density at radius 1 is 1.70 bits per heavy atom. The molecule has 0 bridgehead atoms. The maximum atomic E-state index is 4.02. The lowest BCUT2D eigenvalue weighted by Crippen LogP contribution is -2.31. The van der Waals surface area contributed by atoms with Gasteiger partial charge in [0.05, 0.1) is 6.20 Å². The van der Waals surface area contributed by atoms with Crippen molar-refractivity contribution in [2.24, 2.45) is 7.05 Å². The van der Waals surface area contributed by atoms with Gasteiger partial charge in [-0.25, -0.2) is 5.43 Å². The summed E-state index contributed by atoms with van der Waals surface area (Å²) in [6.45, 7) is 0. The van der Waals surface area contributed by atoms with E-state index in [-0.39, 0.29) is 0 Å². The van der Waals surface area contributed by atoms with Crippen LogP contribution in [0.15, 0.2) is 12.3 Å². The second-order valence-electron chi connectivity index (χ2n) is 2.10. The van der Waals surface area contributed by atoms with Gasteiger partial charge in [0.25, 0.3) is 0 Å². The normalized spacial score (nSPS) is 9.90. The van der Waals surface area contributed by atoms with Crippen molar-refractivity contribution in [1.82, 2.24) is 15.2 Å². The largest absolute Gasteiger partial charge is 0.296 e. The van der Waals surface area contributed by atoms with Gasteiger partial charge in [-0.15, -0.1) is 0 Å². The van der Waals surface area contributed by atoms with Crippen LogP contribution >= 0.6 is 0 Å². The fourth-order valence-corrected chi connectivity index (χ4v) is 0.810. The van der Waals surface area contributed by atoms with Gasteiger partial charge in [0, 0.05) is 27.2 Å². The molecule has 0 saturated carbocycles. The second kappa shape index (κ2) is 2.70. The van der Waals surface area contributed by atoms with Gasteiger partial charge in [-0.2, -0.15) is 5.10 Å². The molecule has 0 aliphatic heterocycles. The van der Waals surface area contributed by atoms with Gasteiger partial charge in [-0.3, -0.25) is 9.69 Å². The highest BCUT2D eigenvalue weighted by Gasteiger charge is 2.00. The van der Waals surface area contributed by atoms with E-state index in [1.807, 2.05) is 32.2 Å². The Kier molecular flexibility index (Phi) is 1.91. The molecule has 0 aliphatic rings. The number of hydrazine groups is 1. The Morgan fingerprint density at radius 3 is 2.80 bits per heavy atom. The molecule has 1 aromatic heterocycles. The van der Waals surface area contributed by atoms with E-state index in [9.17, 15) is 0 Å². The van der Waals surface area contributed by atoms with Crippen LogP contribution < -0.4 is 10.4 Å². The van der Waals surface area contributed by atoms with Gasteiger partial charge in [-0.05, 0) is 0 Å². The average molecular weight is 140 g/mol. The second-order valence-corrected chi connectivity index (χ2v) is 2.10. The third kappa shape index (κ3) is 1.11. The number of nitrogens with zero attached hydrogens (tertiary/aromatic N) is 3. The van der Waals surface area contributed by atoms with Crippen LogP contribution in [0.4, 0.5) is 5.82 Å². The molecular formula is C6H12N4. The van der Waals surface area contributed by atoms with E-state index in [0.29, 0.717) is 0 Å². The standard InChI is InChI=1S/C6H12N4/c1-7-9(2)6-4-5-8-10(6)3/h4-5,7H,1-3H3. The number of nitrogens with one attached hydrogen (secondary N) is 1. The minimum Gasteiger partial charge on any atom is -0.296 e. The number of hydrogen-bond acceptors (Lipinski definition) is 3. The predicted octanol–water partition coefficient (Wildman–Crippen LogP) is -0.00930. The van der Waals surface area contributed by atoms with Crippen molar-refractivity contribution >= 4 is 5.82 Å². The first-order valence-electron chi connectivity index (χ1n) is 3.15. The van der Waals surface area contributed by atoms with Crippen LogP contribution in [0.5, 0.6) is 0 Å². The van der Waals surface area contributed by atoms with Gasteiger partial charge in [0.15, 0.2) is 0 Å². The smallest absolute Gasteiger partial charge is 0.140 e. The maximum Gasteiger partial charge on any atom is 0.140 e. The first-order valence-corrected chi connectivity index (χ1v) is 3.15. The molecule has 0 saturated heterocycles. The van der Waals surface area contributed by atoms with Crippen molar-refractivity contribution in [3.8, 4) is 0 Å². The molecule has 0 amide bonds. The minimum absolute atomic E-state index is 1.04. The lowest BCUT2D eigenvalue weighted by molar-refractivity contribution is 0.695. The molecule has 1 aromatic rings. The van der Waals surface area contributed by atoms with Crippen molar-refractivity contribution in [2.75, 3.05) is 19.1 Å². The summed E-state index contributed by atoms with van der Waals surface area (Å²) >= 11 is 0. The van der Waals surface area contributed by atoms with Crippen molar-refractivity contribution in [1.29, 1.82) is 0 Å². The first-order chi connectivity index (χ1) is 4.75. The Balaban J connectivity index is 2.82. The van der Waals surface area contributed by atoms with E-state index in [2.05, 4.69) is 10.5 Å². The zero-order valence-corrected chi connectivity index (χ0v) is 6.50. The third-order valence-electron chi connectivity index (χ3n) is 1.47. The summed E-state index contributed by atoms with van der Waals surface area (Å²) in [5.41, 5.74) is 2.98. The number of aryl methyl sites for hydroxylation is 1. The van der Waals surface area contributed by atoms with E-state index < -0.39 is 0 Å². The monoisotopic (exact) mass is 140 g/mol. The van der Waals surface area contributed by atoms with Crippen LogP contribution in [0.3, 0.4) is 0 Å². The topological polar surface area (TPSA) is 33.1 Å². The highest BCUT2D eigenvalue weighted by Crippen LogP contribution is 2.05. The number of hydrogen-bond donors (Lipinski definition) is 1. The summed E-state index contributed by atoms with van der Waals surface area (Å²) in [4.78, 5) is 0. The van der Waals surface area contributed by atoms with Gasteiger partial charge in [-0.1, -0.05) is 0 Å². The molecule has 0 unspecified atom stereocenters. The minimum atomic E-state index is 1.04. The zero-order chi connectivity index (χ0) is 7.56. The lowest BCUT2D eigenvalue weighted by atomic mass is 10.6. The van der Waals surface area contributed by atoms with Crippen molar-refractivity contribution in [3.05, 3.63) is 12.3 Å². The molecule has 0 atom stereocenters. The Labute approximate surface area is 60.4 Å². The van der Waals surface area contributed by atoms with Crippen molar-refractivity contribution in [2.45, 2.75) is 0 Å². The Morgan fingerprint density at radius 2 is 2.40 bits per heavy atom. The quantitative estimate of drug-likeness (QED) is 0.586. The molecule has 0 radical (unpaired) electrons. The summed E-state index contributed by atoms with van der Waals surface area (Å²) in [6.07, 6.45) is 1.77. The Hall–Kier alpha value is -1.03. The van der Waals surface area contributed by atoms with Gasteiger partial charge >= 0.3 is 0 Å². The summed E-state index contributed by atoms with van der Waals surface area (Å²) in [6, 6.07) is 1.94. The van der Waals surface area contributed by atoms with E-state index in [0.717, 1.165) is 5.82 Å². The molecular weight excluding hydrogens is 128 g/mol. The summed E-state index contributed by atoms with van der Waals surface area (Å²) in [7, 11) is 5.72. The highest BCUT2D eigenvalue weighted by molar-refractivity contribution is 5.34. The van der Waals surface area contributed by atoms with Crippen molar-refractivity contribution < 1.29 is 0 Å². The fourth-order valence-electron chi connectivity index (χ4n) is 0.810. The molecule has 0 spiro atoms. The van der Waals surface area contributed by atoms with Crippen molar-refractivity contribution in [3.63, 3.8) is 0 Å². The van der Waals surface area contributed by atoms with Crippen LogP contribution in [0.25, 0.3) is 0 Å². The third-order valence-corrected chi connectivity index (χ3v) is 1.47. The molecule has 0 fully saturated rings. The summed E-state index contributed by atoms with van der Waals surface area (Å²) < 4.78 is 1.80. The maximum absolute atomic E-state index is 4.02. The van der Waals surface area contributed by atoms with Crippen LogP contribution in [-0.4, -0.2) is 23.9 Å². The van der Waals surface area contributed by atoms with E-state index in [4.69, 9.17) is 0 Å². The number of aromatic nitrogens is 2. The van der Waals surface area contributed by atoms with Crippen LogP contribution in [0.1, 0.15) is 0 Å². The molecule has 0 aromatic carbocycles. The lowest BCUT2D eigenvalue weighted by Gasteiger charge is -2.16. The summed E-state index contributed by atoms with van der Waals surface area (Å²) in [5, 5.41) is 5.92. The number of rotatable bonds is 2. The Bertz CT molecular complexity index is 205. The zero-order valence-electron chi connectivity index (χ0n) is 6.50. The molecule has 1 rings (SSSR count). The molecule has 1 heterocycles. The fraction of sp³-hybridized carbons (Fsp3) is 0.500. The van der Waals surface area contributed by atoms with Crippen LogP contribution in [-0.2, 0) is 7.05 Å². The van der Waals surface area contributed by atoms with E-state index >= 15 is 0 Å². The molecule has 4 nitrogen and oxygen atoms in total. The van der Waals surface area contributed by atoms with Crippen LogP contribution in [0.2, 0.25) is 0 Å². The van der Waals surface area contributed by atoms with E-state index in [1.54, 1.807) is 10.9 Å². The number of anilines is 1. The molecule has 0 aliphatic carbocycles. The average Bonchev–Trinajstić information content (AvgIpc) is 2.34. The SMILES string of the molecule is CNN(C)c1ccnn1C. The van der Waals surface area contributed by atoms with Gasteiger partial charge < -0.3 is 0 Å². The first kappa shape index (κ1) is 7.08. The highest BCUT2D eigenvalue weighted by atomic mass is 15.5. The van der Waals surface area contributed by atoms with E-state index in [1.165, 1.54) is 0 Å². The predicted molar refractivity (Wildman–Crippen MR) is 40.7 cm³/mol.